The van der Waals surface area contributed by atoms with E-state index in [1.807, 2.05) is 19.4 Å². The maximum atomic E-state index is 5.12. The van der Waals surface area contributed by atoms with E-state index in [9.17, 15) is 0 Å². The van der Waals surface area contributed by atoms with Crippen LogP contribution in [0.15, 0.2) is 16.9 Å². The van der Waals surface area contributed by atoms with Gasteiger partial charge in [-0.1, -0.05) is 0 Å². The molecule has 0 saturated carbocycles. The molecule has 1 aromatic heterocycles. The van der Waals surface area contributed by atoms with Crippen LogP contribution in [0, 0.1) is 0 Å². The van der Waals surface area contributed by atoms with Gasteiger partial charge in [-0.15, -0.1) is 0 Å². The summed E-state index contributed by atoms with van der Waals surface area (Å²) in [7, 11) is 4.02. The van der Waals surface area contributed by atoms with Gasteiger partial charge in [-0.05, 0) is 7.05 Å². The molecule has 6 heteroatoms. The Balaban J connectivity index is 0.000000720. The fraction of sp³-hybridized carbons (Fsp3) is 0.500. The van der Waals surface area contributed by atoms with Gasteiger partial charge in [-0.2, -0.15) is 0 Å². The van der Waals surface area contributed by atoms with Gasteiger partial charge in [0, 0.05) is 33.2 Å². The van der Waals surface area contributed by atoms with Crippen molar-refractivity contribution in [3.63, 3.8) is 0 Å². The molecule has 2 rings (SSSR count). The minimum absolute atomic E-state index is 0. The smallest absolute Gasteiger partial charge is 0.355 e. The minimum atomic E-state index is 0. The Morgan fingerprint density at radius 3 is 2.92 bits per heavy atom. The summed E-state index contributed by atoms with van der Waals surface area (Å²) in [6.07, 6.45) is 3.24. The van der Waals surface area contributed by atoms with Gasteiger partial charge in [0.25, 0.3) is 6.01 Å². The topological polar surface area (TPSA) is 32.5 Å². The summed E-state index contributed by atoms with van der Waals surface area (Å²) < 4.78 is 5.12. The molecule has 1 fully saturated rings. The minimum Gasteiger partial charge on any atom is -0.433 e. The maximum Gasteiger partial charge on any atom is 0.355 e. The average Bonchev–Trinajstić information content (AvgIpc) is 2.55. The number of oxazole rings is 1. The van der Waals surface area contributed by atoms with Crippen LogP contribution in [0.3, 0.4) is 0 Å². The van der Waals surface area contributed by atoms with E-state index in [0.717, 1.165) is 13.1 Å². The van der Waals surface area contributed by atoms with Crippen LogP contribution in [0.4, 0.5) is 6.01 Å². The zero-order valence-corrected chi connectivity index (χ0v) is 9.12. The molecule has 0 aromatic carbocycles. The van der Waals surface area contributed by atoms with Gasteiger partial charge in [0.2, 0.25) is 0 Å². The Kier molecular flexibility index (Phi) is 3.32. The molecule has 1 saturated heterocycles. The van der Waals surface area contributed by atoms with E-state index in [4.69, 9.17) is 4.42 Å². The summed E-state index contributed by atoms with van der Waals surface area (Å²) >= 11 is 0. The van der Waals surface area contributed by atoms with Gasteiger partial charge in [0.05, 0.1) is 6.20 Å². The summed E-state index contributed by atoms with van der Waals surface area (Å²) in [6.45, 7) is 1.99. The molecule has 12 heavy (non-hydrogen) atoms. The van der Waals surface area contributed by atoms with E-state index < -0.39 is 0 Å². The van der Waals surface area contributed by atoms with Gasteiger partial charge >= 0.3 is 7.55 Å². The number of nitrogens with zero attached hydrogens (tertiary/aromatic N) is 3. The summed E-state index contributed by atoms with van der Waals surface area (Å²) in [4.78, 5) is 8.12. The van der Waals surface area contributed by atoms with E-state index >= 15 is 0 Å². The van der Waals surface area contributed by atoms with Crippen molar-refractivity contribution in [3.8, 4) is 0 Å². The van der Waals surface area contributed by atoms with E-state index in [0.29, 0.717) is 6.01 Å². The number of aromatic nitrogens is 1. The number of likely N-dealkylation sites (N-methyl/N-ethyl adjacent to an activating group) is 1. The standard InChI is InChI=1S/C6H9BN3O.Ir/c1-9-3-4-10(7-9)6-8-2-5-11-6;/h2,5H,3-4H2,1H3;. The second-order valence-corrected chi connectivity index (χ2v) is 2.60. The molecule has 4 nitrogen and oxygen atoms in total. The monoisotopic (exact) mass is 343 g/mol. The Hall–Kier alpha value is -0.316. The molecule has 0 aliphatic carbocycles. The first-order valence-corrected chi connectivity index (χ1v) is 3.57. The van der Waals surface area contributed by atoms with Crippen molar-refractivity contribution in [2.45, 2.75) is 0 Å². The maximum absolute atomic E-state index is 5.12. The molecule has 0 amide bonds. The molecular weight excluding hydrogens is 333 g/mol. The Morgan fingerprint density at radius 2 is 2.42 bits per heavy atom. The van der Waals surface area contributed by atoms with Crippen molar-refractivity contribution in [3.05, 3.63) is 12.5 Å². The van der Waals surface area contributed by atoms with Gasteiger partial charge in [-0.25, -0.2) is 4.98 Å². The van der Waals surface area contributed by atoms with Crippen molar-refractivity contribution in [2.24, 2.45) is 0 Å². The Bertz CT molecular complexity index is 231. The van der Waals surface area contributed by atoms with Crippen LogP contribution < -0.4 is 4.81 Å². The number of rotatable bonds is 1. The zero-order chi connectivity index (χ0) is 7.68. The first-order valence-electron chi connectivity index (χ1n) is 3.57. The Labute approximate surface area is 85.6 Å². The molecule has 2 heterocycles. The molecule has 66 valence electrons. The molecule has 0 spiro atoms. The molecular formula is C6H9BIrN3O. The van der Waals surface area contributed by atoms with Crippen molar-refractivity contribution >= 4 is 13.6 Å². The molecule has 0 N–H and O–H groups in total. The molecule has 1 aromatic rings. The van der Waals surface area contributed by atoms with Gasteiger partial charge < -0.3 is 14.0 Å². The Morgan fingerprint density at radius 1 is 1.58 bits per heavy atom. The molecule has 0 unspecified atom stereocenters. The second kappa shape index (κ2) is 4.07. The van der Waals surface area contributed by atoms with Gasteiger partial charge in [0.1, 0.15) is 6.26 Å². The fourth-order valence-corrected chi connectivity index (χ4v) is 1.12. The molecule has 0 bridgehead atoms. The normalized spacial score (nSPS) is 17.2. The average molecular weight is 342 g/mol. The van der Waals surface area contributed by atoms with Crippen LogP contribution in [-0.2, 0) is 20.1 Å². The van der Waals surface area contributed by atoms with Crippen molar-refractivity contribution < 1.29 is 24.5 Å². The predicted molar refractivity (Wildman–Crippen MR) is 42.2 cm³/mol. The van der Waals surface area contributed by atoms with Crippen LogP contribution in [0.2, 0.25) is 0 Å². The molecule has 2 radical (unpaired) electrons. The third-order valence-electron chi connectivity index (χ3n) is 1.70. The number of hydrogen-bond acceptors (Lipinski definition) is 4. The summed E-state index contributed by atoms with van der Waals surface area (Å²) in [5, 5.41) is 0. The molecule has 1 aliphatic rings. The largest absolute Gasteiger partial charge is 0.433 e. The van der Waals surface area contributed by atoms with Gasteiger partial charge in [-0.3, -0.25) is 0 Å². The predicted octanol–water partition coefficient (Wildman–Crippen LogP) is -0.0419. The van der Waals surface area contributed by atoms with Crippen LogP contribution in [0.1, 0.15) is 0 Å². The molecule has 0 atom stereocenters. The third kappa shape index (κ3) is 1.88. The van der Waals surface area contributed by atoms with Crippen LogP contribution in [-0.4, -0.2) is 37.5 Å². The van der Waals surface area contributed by atoms with E-state index in [1.54, 1.807) is 12.5 Å². The van der Waals surface area contributed by atoms with Crippen LogP contribution in [0.25, 0.3) is 0 Å². The van der Waals surface area contributed by atoms with E-state index in [2.05, 4.69) is 9.79 Å². The number of hydrogen-bond donors (Lipinski definition) is 0. The summed E-state index contributed by atoms with van der Waals surface area (Å²) in [6, 6.07) is 0.675. The summed E-state index contributed by atoms with van der Waals surface area (Å²) in [5.41, 5.74) is 0. The van der Waals surface area contributed by atoms with Crippen LogP contribution >= 0.6 is 0 Å². The third-order valence-corrected chi connectivity index (χ3v) is 1.70. The quantitative estimate of drug-likeness (QED) is 0.671. The summed E-state index contributed by atoms with van der Waals surface area (Å²) in [5.74, 6) is 0. The zero-order valence-electron chi connectivity index (χ0n) is 6.73. The van der Waals surface area contributed by atoms with Crippen molar-refractivity contribution in [1.29, 1.82) is 0 Å². The second-order valence-electron chi connectivity index (χ2n) is 2.60. The van der Waals surface area contributed by atoms with E-state index in [1.165, 1.54) is 0 Å². The van der Waals surface area contributed by atoms with E-state index in [-0.39, 0.29) is 20.1 Å². The number of anilines is 1. The van der Waals surface area contributed by atoms with Crippen molar-refractivity contribution in [1.82, 2.24) is 9.79 Å². The SMILES string of the molecule is CN1[B]N(c2ncco2)CC1.[Ir]. The molecule has 1 aliphatic heterocycles. The van der Waals surface area contributed by atoms with Crippen molar-refractivity contribution in [2.75, 3.05) is 24.9 Å². The van der Waals surface area contributed by atoms with Gasteiger partial charge in [0.15, 0.2) is 0 Å². The fourth-order valence-electron chi connectivity index (χ4n) is 1.12. The first-order chi connectivity index (χ1) is 5.36. The first kappa shape index (κ1) is 9.77. The van der Waals surface area contributed by atoms with Crippen LogP contribution in [0.5, 0.6) is 0 Å².